The van der Waals surface area contributed by atoms with Gasteiger partial charge in [0, 0.05) is 23.3 Å². The van der Waals surface area contributed by atoms with Crippen molar-refractivity contribution in [2.45, 2.75) is 43.8 Å². The molecule has 1 aromatic heterocycles. The third-order valence-corrected chi connectivity index (χ3v) is 5.30. The molecule has 0 amide bonds. The standard InChI is InChI=1S/C17H20Cl2N2O3S/c1-3-16-20-9-14(21-16)17(23)24-15(10(2)22)6-7-25-11-4-5-12(18)13(19)8-11/h4-5,8-10,15,22H,3,6-7H2,1-2H3,(H,20,21)/t10-,15+/m0/s1. The third-order valence-electron chi connectivity index (χ3n) is 3.53. The molecule has 0 unspecified atom stereocenters. The molecule has 0 bridgehead atoms. The summed E-state index contributed by atoms with van der Waals surface area (Å²) < 4.78 is 5.40. The molecule has 0 aliphatic heterocycles. The summed E-state index contributed by atoms with van der Waals surface area (Å²) in [5, 5.41) is 10.9. The van der Waals surface area contributed by atoms with Gasteiger partial charge in [-0.2, -0.15) is 0 Å². The average molecular weight is 403 g/mol. The number of thioether (sulfide) groups is 1. The molecule has 0 aliphatic rings. The SMILES string of the molecule is CCc1nc(C(=O)O[C@H](CCSc2ccc(Cl)c(Cl)c2)[C@H](C)O)c[nH]1. The fraction of sp³-hybridized carbons (Fsp3) is 0.412. The van der Waals surface area contributed by atoms with Crippen molar-refractivity contribution < 1.29 is 14.6 Å². The van der Waals surface area contributed by atoms with Crippen LogP contribution in [0.4, 0.5) is 0 Å². The molecule has 1 aromatic carbocycles. The summed E-state index contributed by atoms with van der Waals surface area (Å²) >= 11 is 13.4. The summed E-state index contributed by atoms with van der Waals surface area (Å²) in [6, 6.07) is 5.40. The molecule has 2 atom stereocenters. The van der Waals surface area contributed by atoms with Crippen LogP contribution in [0.1, 0.15) is 36.6 Å². The number of aliphatic hydroxyl groups is 1. The van der Waals surface area contributed by atoms with Gasteiger partial charge < -0.3 is 14.8 Å². The topological polar surface area (TPSA) is 75.2 Å². The molecule has 2 N–H and O–H groups in total. The molecule has 25 heavy (non-hydrogen) atoms. The number of hydrogen-bond donors (Lipinski definition) is 2. The van der Waals surface area contributed by atoms with E-state index in [0.717, 1.165) is 10.7 Å². The molecule has 0 aliphatic carbocycles. The molecule has 0 spiro atoms. The van der Waals surface area contributed by atoms with Crippen molar-refractivity contribution in [2.75, 3.05) is 5.75 Å². The van der Waals surface area contributed by atoms with Gasteiger partial charge in [-0.25, -0.2) is 9.78 Å². The first-order valence-electron chi connectivity index (χ1n) is 7.92. The summed E-state index contributed by atoms with van der Waals surface area (Å²) in [6.07, 6.45) is 1.34. The lowest BCUT2D eigenvalue weighted by molar-refractivity contribution is -0.0134. The Balaban J connectivity index is 1.89. The van der Waals surface area contributed by atoms with E-state index in [1.807, 2.05) is 13.0 Å². The number of imidazole rings is 1. The summed E-state index contributed by atoms with van der Waals surface area (Å²) in [5.74, 6) is 0.832. The number of ether oxygens (including phenoxy) is 1. The van der Waals surface area contributed by atoms with E-state index >= 15 is 0 Å². The van der Waals surface area contributed by atoms with Crippen LogP contribution in [0.5, 0.6) is 0 Å². The highest BCUT2D eigenvalue weighted by Crippen LogP contribution is 2.28. The van der Waals surface area contributed by atoms with Gasteiger partial charge >= 0.3 is 5.97 Å². The van der Waals surface area contributed by atoms with Gasteiger partial charge in [0.05, 0.1) is 16.1 Å². The van der Waals surface area contributed by atoms with Crippen LogP contribution in [-0.4, -0.2) is 39.0 Å². The zero-order valence-electron chi connectivity index (χ0n) is 14.0. The summed E-state index contributed by atoms with van der Waals surface area (Å²) in [4.78, 5) is 20.2. The van der Waals surface area contributed by atoms with Crippen LogP contribution in [0.3, 0.4) is 0 Å². The van der Waals surface area contributed by atoms with Gasteiger partial charge in [0.15, 0.2) is 5.69 Å². The van der Waals surface area contributed by atoms with Crippen molar-refractivity contribution in [3.8, 4) is 0 Å². The second-order valence-electron chi connectivity index (χ2n) is 5.48. The number of aliphatic hydroxyl groups excluding tert-OH is 1. The number of carbonyl (C=O) groups excluding carboxylic acids is 1. The second kappa shape index (κ2) is 9.48. The fourth-order valence-corrected chi connectivity index (χ4v) is 3.42. The van der Waals surface area contributed by atoms with Crippen LogP contribution >= 0.6 is 35.0 Å². The number of aromatic amines is 1. The molecule has 5 nitrogen and oxygen atoms in total. The zero-order valence-corrected chi connectivity index (χ0v) is 16.3. The maximum absolute atomic E-state index is 12.1. The van der Waals surface area contributed by atoms with E-state index in [9.17, 15) is 9.90 Å². The Bertz CT molecular complexity index is 722. The van der Waals surface area contributed by atoms with Gasteiger partial charge in [0.1, 0.15) is 11.9 Å². The van der Waals surface area contributed by atoms with Crippen LogP contribution in [0.2, 0.25) is 10.0 Å². The van der Waals surface area contributed by atoms with E-state index in [1.54, 1.807) is 30.8 Å². The number of H-pyrrole nitrogens is 1. The highest BCUT2D eigenvalue weighted by Gasteiger charge is 2.22. The Labute approximate surface area is 161 Å². The summed E-state index contributed by atoms with van der Waals surface area (Å²) in [7, 11) is 0. The van der Waals surface area contributed by atoms with Crippen molar-refractivity contribution in [2.24, 2.45) is 0 Å². The van der Waals surface area contributed by atoms with Crippen molar-refractivity contribution in [3.63, 3.8) is 0 Å². The molecular formula is C17H20Cl2N2O3S. The number of aryl methyl sites for hydroxylation is 1. The van der Waals surface area contributed by atoms with E-state index in [-0.39, 0.29) is 5.69 Å². The molecule has 2 rings (SSSR count). The predicted molar refractivity (Wildman–Crippen MR) is 101 cm³/mol. The lowest BCUT2D eigenvalue weighted by Gasteiger charge is -2.19. The molecular weight excluding hydrogens is 383 g/mol. The molecule has 1 heterocycles. The Hall–Kier alpha value is -1.21. The van der Waals surface area contributed by atoms with Crippen LogP contribution in [0.15, 0.2) is 29.3 Å². The third kappa shape index (κ3) is 5.92. The predicted octanol–water partition coefficient (Wildman–Crippen LogP) is 4.37. The highest BCUT2D eigenvalue weighted by atomic mass is 35.5. The number of hydrogen-bond acceptors (Lipinski definition) is 5. The van der Waals surface area contributed by atoms with E-state index in [2.05, 4.69) is 9.97 Å². The second-order valence-corrected chi connectivity index (χ2v) is 7.47. The Morgan fingerprint density at radius 2 is 2.16 bits per heavy atom. The number of carbonyl (C=O) groups is 1. The highest BCUT2D eigenvalue weighted by molar-refractivity contribution is 7.99. The molecule has 8 heteroatoms. The molecule has 2 aromatic rings. The monoisotopic (exact) mass is 402 g/mol. The van der Waals surface area contributed by atoms with Crippen LogP contribution in [-0.2, 0) is 11.2 Å². The minimum Gasteiger partial charge on any atom is -0.455 e. The number of nitrogens with zero attached hydrogens (tertiary/aromatic N) is 1. The quantitative estimate of drug-likeness (QED) is 0.506. The minimum absolute atomic E-state index is 0.222. The van der Waals surface area contributed by atoms with E-state index in [4.69, 9.17) is 27.9 Å². The van der Waals surface area contributed by atoms with Gasteiger partial charge in [0.25, 0.3) is 0 Å². The maximum Gasteiger partial charge on any atom is 0.358 e. The molecule has 0 saturated heterocycles. The van der Waals surface area contributed by atoms with E-state index in [0.29, 0.717) is 28.6 Å². The van der Waals surface area contributed by atoms with E-state index < -0.39 is 18.2 Å². The normalized spacial score (nSPS) is 13.5. The maximum atomic E-state index is 12.1. The summed E-state index contributed by atoms with van der Waals surface area (Å²) in [6.45, 7) is 3.54. The molecule has 136 valence electrons. The summed E-state index contributed by atoms with van der Waals surface area (Å²) in [5.41, 5.74) is 0.222. The largest absolute Gasteiger partial charge is 0.455 e. The first-order chi connectivity index (χ1) is 11.9. The van der Waals surface area contributed by atoms with Crippen molar-refractivity contribution >= 4 is 40.9 Å². The zero-order chi connectivity index (χ0) is 18.4. The van der Waals surface area contributed by atoms with Crippen molar-refractivity contribution in [3.05, 3.63) is 46.0 Å². The first kappa shape index (κ1) is 20.1. The molecule has 0 fully saturated rings. The average Bonchev–Trinajstić information content (AvgIpc) is 3.06. The van der Waals surface area contributed by atoms with Gasteiger partial charge in [-0.05, 0) is 31.5 Å². The van der Waals surface area contributed by atoms with Gasteiger partial charge in [-0.1, -0.05) is 30.1 Å². The Morgan fingerprint density at radius 1 is 1.40 bits per heavy atom. The number of benzene rings is 1. The van der Waals surface area contributed by atoms with E-state index in [1.165, 1.54) is 6.20 Å². The lowest BCUT2D eigenvalue weighted by Crippen LogP contribution is -2.30. The van der Waals surface area contributed by atoms with Gasteiger partial charge in [-0.3, -0.25) is 0 Å². The number of halogens is 2. The lowest BCUT2D eigenvalue weighted by atomic mass is 10.2. The molecule has 0 radical (unpaired) electrons. The number of nitrogens with one attached hydrogen (secondary N) is 1. The van der Waals surface area contributed by atoms with Crippen molar-refractivity contribution in [1.82, 2.24) is 9.97 Å². The van der Waals surface area contributed by atoms with Gasteiger partial charge in [0.2, 0.25) is 0 Å². The van der Waals surface area contributed by atoms with Crippen LogP contribution < -0.4 is 0 Å². The minimum atomic E-state index is -0.775. The smallest absolute Gasteiger partial charge is 0.358 e. The molecule has 0 saturated carbocycles. The first-order valence-corrected chi connectivity index (χ1v) is 9.66. The Kier molecular flexibility index (Phi) is 7.62. The fourth-order valence-electron chi connectivity index (χ4n) is 2.10. The van der Waals surface area contributed by atoms with Crippen molar-refractivity contribution in [1.29, 1.82) is 0 Å². The number of rotatable bonds is 8. The number of aromatic nitrogens is 2. The number of esters is 1. The van der Waals surface area contributed by atoms with Crippen LogP contribution in [0, 0.1) is 0 Å². The van der Waals surface area contributed by atoms with Gasteiger partial charge in [-0.15, -0.1) is 11.8 Å². The van der Waals surface area contributed by atoms with Crippen LogP contribution in [0.25, 0.3) is 0 Å². The Morgan fingerprint density at radius 3 is 2.76 bits per heavy atom.